The van der Waals surface area contributed by atoms with Gasteiger partial charge in [-0.25, -0.2) is 0 Å². The van der Waals surface area contributed by atoms with Gasteiger partial charge in [0.15, 0.2) is 6.10 Å². The van der Waals surface area contributed by atoms with E-state index >= 15 is 0 Å². The van der Waals surface area contributed by atoms with Crippen molar-refractivity contribution < 1.29 is 23.9 Å². The molecule has 3 aliphatic rings. The van der Waals surface area contributed by atoms with Crippen LogP contribution in [0.4, 0.5) is 0 Å². The van der Waals surface area contributed by atoms with Gasteiger partial charge in [-0.15, -0.1) is 0 Å². The number of benzene rings is 1. The Morgan fingerprint density at radius 2 is 1.70 bits per heavy atom. The monoisotopic (exact) mass is 412 g/mol. The smallest absolute Gasteiger partial charge is 0.308 e. The average Bonchev–Trinajstić information content (AvgIpc) is 3.01. The topological polar surface area (TPSA) is 84.0 Å². The molecule has 1 aromatic rings. The fraction of sp³-hybridized carbons (Fsp3) is 0.565. The summed E-state index contributed by atoms with van der Waals surface area (Å²) in [4.78, 5) is 52.9. The van der Waals surface area contributed by atoms with E-state index in [2.05, 4.69) is 6.07 Å². The van der Waals surface area contributed by atoms with E-state index in [-0.39, 0.29) is 42.5 Å². The van der Waals surface area contributed by atoms with Crippen LogP contribution in [0.25, 0.3) is 0 Å². The van der Waals surface area contributed by atoms with Gasteiger partial charge in [0.1, 0.15) is 0 Å². The second kappa shape index (κ2) is 8.58. The fourth-order valence-electron chi connectivity index (χ4n) is 4.90. The van der Waals surface area contributed by atoms with Crippen molar-refractivity contribution in [3.05, 3.63) is 35.4 Å². The number of esters is 1. The van der Waals surface area contributed by atoms with E-state index in [4.69, 9.17) is 4.74 Å². The Morgan fingerprint density at radius 1 is 1.07 bits per heavy atom. The summed E-state index contributed by atoms with van der Waals surface area (Å²) in [7, 11) is 0. The largest absolute Gasteiger partial charge is 0.452 e. The summed E-state index contributed by atoms with van der Waals surface area (Å²) < 4.78 is 5.32. The third-order valence-electron chi connectivity index (χ3n) is 6.57. The molecule has 0 bridgehead atoms. The first-order valence-corrected chi connectivity index (χ1v) is 10.9. The molecule has 1 aromatic carbocycles. The van der Waals surface area contributed by atoms with Crippen LogP contribution in [0.2, 0.25) is 0 Å². The summed E-state index contributed by atoms with van der Waals surface area (Å²) in [6, 6.07) is 8.02. The van der Waals surface area contributed by atoms with Gasteiger partial charge in [0.25, 0.3) is 5.91 Å². The van der Waals surface area contributed by atoms with Crippen molar-refractivity contribution in [2.75, 3.05) is 13.1 Å². The molecule has 30 heavy (non-hydrogen) atoms. The van der Waals surface area contributed by atoms with Gasteiger partial charge in [0.05, 0.1) is 18.3 Å². The van der Waals surface area contributed by atoms with Gasteiger partial charge in [-0.1, -0.05) is 37.1 Å². The zero-order valence-corrected chi connectivity index (χ0v) is 17.3. The molecule has 1 saturated carbocycles. The van der Waals surface area contributed by atoms with Crippen molar-refractivity contribution in [3.63, 3.8) is 0 Å². The number of hydrogen-bond acceptors (Lipinski definition) is 5. The highest BCUT2D eigenvalue weighted by molar-refractivity contribution is 6.05. The quantitative estimate of drug-likeness (QED) is 0.546. The van der Waals surface area contributed by atoms with Gasteiger partial charge in [0.2, 0.25) is 11.8 Å². The molecule has 7 heteroatoms. The second-order valence-electron chi connectivity index (χ2n) is 8.49. The molecular weight excluding hydrogens is 384 g/mol. The fourth-order valence-corrected chi connectivity index (χ4v) is 4.90. The van der Waals surface area contributed by atoms with Gasteiger partial charge in [-0.2, -0.15) is 0 Å². The van der Waals surface area contributed by atoms with Crippen LogP contribution in [0.15, 0.2) is 24.3 Å². The van der Waals surface area contributed by atoms with E-state index in [1.54, 1.807) is 11.8 Å². The lowest BCUT2D eigenvalue weighted by atomic mass is 9.81. The molecular formula is C23H28N2O5. The summed E-state index contributed by atoms with van der Waals surface area (Å²) >= 11 is 0. The van der Waals surface area contributed by atoms with Crippen LogP contribution in [0.1, 0.15) is 50.2 Å². The van der Waals surface area contributed by atoms with E-state index < -0.39 is 12.1 Å². The number of imide groups is 1. The van der Waals surface area contributed by atoms with Gasteiger partial charge >= 0.3 is 5.97 Å². The van der Waals surface area contributed by atoms with Crippen molar-refractivity contribution in [3.8, 4) is 0 Å². The molecule has 2 fully saturated rings. The lowest BCUT2D eigenvalue weighted by Crippen LogP contribution is -2.43. The Labute approximate surface area is 176 Å². The molecule has 3 amide bonds. The normalized spacial score (nSPS) is 24.3. The van der Waals surface area contributed by atoms with Crippen molar-refractivity contribution in [2.45, 2.75) is 58.1 Å². The Balaban J connectivity index is 1.27. The second-order valence-corrected chi connectivity index (χ2v) is 8.49. The molecule has 160 valence electrons. The van der Waals surface area contributed by atoms with Crippen molar-refractivity contribution >= 4 is 23.7 Å². The van der Waals surface area contributed by atoms with Crippen LogP contribution in [0.5, 0.6) is 0 Å². The van der Waals surface area contributed by atoms with Crippen molar-refractivity contribution in [1.82, 2.24) is 9.80 Å². The number of fused-ring (bicyclic) bond motifs is 2. The van der Waals surface area contributed by atoms with Crippen molar-refractivity contribution in [2.24, 2.45) is 11.8 Å². The molecule has 0 N–H and O–H groups in total. The van der Waals surface area contributed by atoms with Crippen LogP contribution in [-0.2, 0) is 36.9 Å². The van der Waals surface area contributed by atoms with Crippen LogP contribution in [0.3, 0.4) is 0 Å². The zero-order chi connectivity index (χ0) is 21.3. The highest BCUT2D eigenvalue weighted by Gasteiger charge is 2.47. The Morgan fingerprint density at radius 3 is 2.37 bits per heavy atom. The molecule has 1 aliphatic carbocycles. The van der Waals surface area contributed by atoms with Gasteiger partial charge in [-0.3, -0.25) is 24.1 Å². The first-order valence-electron chi connectivity index (χ1n) is 10.9. The molecule has 0 unspecified atom stereocenters. The maximum atomic E-state index is 12.7. The molecule has 7 nitrogen and oxygen atoms in total. The Bertz CT molecular complexity index is 843. The van der Waals surface area contributed by atoms with Gasteiger partial charge in [0, 0.05) is 19.6 Å². The highest BCUT2D eigenvalue weighted by atomic mass is 16.5. The summed E-state index contributed by atoms with van der Waals surface area (Å²) in [6.45, 7) is 2.71. The molecule has 4 rings (SSSR count). The van der Waals surface area contributed by atoms with E-state index in [0.29, 0.717) is 13.1 Å². The third-order valence-corrected chi connectivity index (χ3v) is 6.57. The van der Waals surface area contributed by atoms with E-state index in [9.17, 15) is 19.2 Å². The van der Waals surface area contributed by atoms with E-state index in [0.717, 1.165) is 37.7 Å². The lowest BCUT2D eigenvalue weighted by Gasteiger charge is -2.30. The summed E-state index contributed by atoms with van der Waals surface area (Å²) in [5.41, 5.74) is 2.36. The summed E-state index contributed by atoms with van der Waals surface area (Å²) in [5.74, 6) is -1.54. The van der Waals surface area contributed by atoms with E-state index in [1.807, 2.05) is 18.2 Å². The lowest BCUT2D eigenvalue weighted by molar-refractivity contribution is -0.160. The number of rotatable bonds is 5. The number of hydrogen-bond donors (Lipinski definition) is 0. The average molecular weight is 412 g/mol. The van der Waals surface area contributed by atoms with Crippen molar-refractivity contribution in [1.29, 1.82) is 0 Å². The predicted molar refractivity (Wildman–Crippen MR) is 108 cm³/mol. The SMILES string of the molecule is C[C@@H](OC(=O)CCN1C(=O)[C@H]2CCCC[C@@H]2C1=O)C(=O)N1CCc2ccccc2C1. The number of amides is 3. The standard InChI is InChI=1S/C23H28N2O5/c1-15(21(27)24-12-10-16-6-2-3-7-17(16)14-24)30-20(26)11-13-25-22(28)18-8-4-5-9-19(18)23(25)29/h2-3,6-7,15,18-19H,4-5,8-14H2,1H3/t15-,18+,19+/m1/s1. The molecule has 0 aromatic heterocycles. The number of likely N-dealkylation sites (tertiary alicyclic amines) is 1. The minimum absolute atomic E-state index is 0.0293. The molecule has 2 aliphatic heterocycles. The maximum Gasteiger partial charge on any atom is 0.308 e. The first-order chi connectivity index (χ1) is 14.5. The van der Waals surface area contributed by atoms with Crippen LogP contribution < -0.4 is 0 Å². The van der Waals surface area contributed by atoms with Gasteiger partial charge < -0.3 is 9.64 Å². The van der Waals surface area contributed by atoms with Gasteiger partial charge in [-0.05, 0) is 37.3 Å². The number of carbonyl (C=O) groups is 4. The molecule has 2 heterocycles. The van der Waals surface area contributed by atoms with E-state index in [1.165, 1.54) is 10.5 Å². The number of carbonyl (C=O) groups excluding carboxylic acids is 4. The molecule has 0 radical (unpaired) electrons. The Kier molecular flexibility index (Phi) is 5.88. The summed E-state index contributed by atoms with van der Waals surface area (Å²) in [5, 5.41) is 0. The summed E-state index contributed by atoms with van der Waals surface area (Å²) in [6.07, 6.45) is 3.24. The Hall–Kier alpha value is -2.70. The maximum absolute atomic E-state index is 12.7. The molecule has 1 saturated heterocycles. The minimum atomic E-state index is -0.893. The third kappa shape index (κ3) is 3.98. The predicted octanol–water partition coefficient (Wildman–Crippen LogP) is 2.07. The van der Waals surface area contributed by atoms with Crippen LogP contribution in [0, 0.1) is 11.8 Å². The zero-order valence-electron chi connectivity index (χ0n) is 17.3. The minimum Gasteiger partial charge on any atom is -0.452 e. The molecule has 3 atom stereocenters. The first kappa shape index (κ1) is 20.6. The number of ether oxygens (including phenoxy) is 1. The van der Waals surface area contributed by atoms with Crippen LogP contribution >= 0.6 is 0 Å². The van der Waals surface area contributed by atoms with Crippen LogP contribution in [-0.4, -0.2) is 52.7 Å². The highest BCUT2D eigenvalue weighted by Crippen LogP contribution is 2.38. The number of nitrogens with zero attached hydrogens (tertiary/aromatic N) is 2. The molecule has 0 spiro atoms.